The van der Waals surface area contributed by atoms with Crippen molar-refractivity contribution >= 4 is 5.69 Å². The summed E-state index contributed by atoms with van der Waals surface area (Å²) in [4.78, 5) is 0. The van der Waals surface area contributed by atoms with E-state index in [0.717, 1.165) is 16.7 Å². The lowest BCUT2D eigenvalue weighted by Crippen LogP contribution is -1.88. The highest BCUT2D eigenvalue weighted by molar-refractivity contribution is 5.70. The number of aromatic nitrogens is 2. The zero-order valence-electron chi connectivity index (χ0n) is 10.5. The van der Waals surface area contributed by atoms with Gasteiger partial charge in [0.2, 0.25) is 11.8 Å². The molecule has 0 fully saturated rings. The Labute approximate surface area is 110 Å². The van der Waals surface area contributed by atoms with E-state index in [1.54, 1.807) is 0 Å². The Morgan fingerprint density at radius 1 is 0.947 bits per heavy atom. The highest BCUT2D eigenvalue weighted by Gasteiger charge is 2.12. The molecule has 0 atom stereocenters. The molecular weight excluding hydrogens is 238 g/mol. The van der Waals surface area contributed by atoms with Crippen LogP contribution in [-0.4, -0.2) is 10.2 Å². The number of rotatable bonds is 2. The summed E-state index contributed by atoms with van der Waals surface area (Å²) >= 11 is 0. The summed E-state index contributed by atoms with van der Waals surface area (Å²) < 4.78 is 5.69. The van der Waals surface area contributed by atoms with E-state index < -0.39 is 0 Å². The van der Waals surface area contributed by atoms with Crippen LogP contribution in [0.2, 0.25) is 0 Å². The van der Waals surface area contributed by atoms with E-state index in [2.05, 4.69) is 10.2 Å². The van der Waals surface area contributed by atoms with E-state index in [1.807, 2.05) is 55.5 Å². The molecule has 0 spiro atoms. The van der Waals surface area contributed by atoms with Gasteiger partial charge in [0.25, 0.3) is 0 Å². The molecule has 0 aliphatic rings. The third-order valence-electron chi connectivity index (χ3n) is 2.88. The van der Waals surface area contributed by atoms with Crippen LogP contribution < -0.4 is 5.73 Å². The zero-order valence-corrected chi connectivity index (χ0v) is 10.5. The fourth-order valence-corrected chi connectivity index (χ4v) is 1.92. The number of benzene rings is 2. The van der Waals surface area contributed by atoms with Gasteiger partial charge in [-0.05, 0) is 31.2 Å². The van der Waals surface area contributed by atoms with Gasteiger partial charge in [-0.1, -0.05) is 29.8 Å². The molecule has 4 nitrogen and oxygen atoms in total. The molecule has 2 N–H and O–H groups in total. The molecule has 0 saturated heterocycles. The maximum Gasteiger partial charge on any atom is 0.250 e. The van der Waals surface area contributed by atoms with Crippen LogP contribution in [0.5, 0.6) is 0 Å². The highest BCUT2D eigenvalue weighted by Crippen LogP contribution is 2.27. The maximum absolute atomic E-state index is 5.90. The number of aryl methyl sites for hydroxylation is 1. The van der Waals surface area contributed by atoms with Crippen LogP contribution in [0.4, 0.5) is 5.69 Å². The molecule has 0 amide bonds. The standard InChI is InChI=1S/C15H13N3O/c1-10-5-4-6-11(9-10)14-17-18-15(19-14)12-7-2-3-8-13(12)16/h2-9H,16H2,1H3. The van der Waals surface area contributed by atoms with Crippen LogP contribution >= 0.6 is 0 Å². The van der Waals surface area contributed by atoms with Crippen LogP contribution in [0, 0.1) is 6.92 Å². The lowest BCUT2D eigenvalue weighted by Gasteiger charge is -1.99. The topological polar surface area (TPSA) is 64.9 Å². The summed E-state index contributed by atoms with van der Waals surface area (Å²) in [6.45, 7) is 2.02. The molecule has 0 bridgehead atoms. The molecule has 0 unspecified atom stereocenters. The van der Waals surface area contributed by atoms with Crippen LogP contribution in [0.15, 0.2) is 52.9 Å². The van der Waals surface area contributed by atoms with E-state index in [0.29, 0.717) is 17.5 Å². The van der Waals surface area contributed by atoms with Gasteiger partial charge in [-0.15, -0.1) is 10.2 Å². The van der Waals surface area contributed by atoms with Crippen molar-refractivity contribution in [2.24, 2.45) is 0 Å². The molecule has 1 aromatic heterocycles. The number of hydrogen-bond donors (Lipinski definition) is 1. The van der Waals surface area contributed by atoms with Gasteiger partial charge in [0.05, 0.1) is 5.56 Å². The van der Waals surface area contributed by atoms with Gasteiger partial charge < -0.3 is 10.2 Å². The van der Waals surface area contributed by atoms with E-state index in [1.165, 1.54) is 0 Å². The second-order valence-corrected chi connectivity index (χ2v) is 4.37. The maximum atomic E-state index is 5.90. The summed E-state index contributed by atoms with van der Waals surface area (Å²) in [5.41, 5.74) is 9.34. The first-order valence-corrected chi connectivity index (χ1v) is 5.99. The van der Waals surface area contributed by atoms with E-state index in [-0.39, 0.29) is 0 Å². The Morgan fingerprint density at radius 2 is 1.74 bits per heavy atom. The van der Waals surface area contributed by atoms with E-state index in [9.17, 15) is 0 Å². The molecule has 0 aliphatic heterocycles. The van der Waals surface area contributed by atoms with Gasteiger partial charge in [0.15, 0.2) is 0 Å². The fraction of sp³-hybridized carbons (Fsp3) is 0.0667. The lowest BCUT2D eigenvalue weighted by molar-refractivity contribution is 0.585. The minimum absolute atomic E-state index is 0.439. The Hall–Kier alpha value is -2.62. The van der Waals surface area contributed by atoms with Crippen molar-refractivity contribution in [3.63, 3.8) is 0 Å². The van der Waals surface area contributed by atoms with Crippen LogP contribution in [-0.2, 0) is 0 Å². The Bertz CT molecular complexity index is 719. The first kappa shape index (κ1) is 11.5. The molecule has 0 saturated carbocycles. The second-order valence-electron chi connectivity index (χ2n) is 4.37. The largest absolute Gasteiger partial charge is 0.416 e. The normalized spacial score (nSPS) is 10.6. The molecule has 3 aromatic rings. The molecule has 19 heavy (non-hydrogen) atoms. The monoisotopic (exact) mass is 251 g/mol. The molecule has 2 aromatic carbocycles. The minimum Gasteiger partial charge on any atom is -0.416 e. The van der Waals surface area contributed by atoms with E-state index >= 15 is 0 Å². The van der Waals surface area contributed by atoms with Crippen molar-refractivity contribution in [2.75, 3.05) is 5.73 Å². The number of nitrogen functional groups attached to an aromatic ring is 1. The molecule has 94 valence electrons. The van der Waals surface area contributed by atoms with Crippen molar-refractivity contribution in [1.82, 2.24) is 10.2 Å². The van der Waals surface area contributed by atoms with Crippen molar-refractivity contribution in [2.45, 2.75) is 6.92 Å². The number of para-hydroxylation sites is 1. The van der Waals surface area contributed by atoms with Crippen LogP contribution in [0.3, 0.4) is 0 Å². The average Bonchev–Trinajstić information content (AvgIpc) is 2.89. The van der Waals surface area contributed by atoms with Crippen molar-refractivity contribution in [1.29, 1.82) is 0 Å². The van der Waals surface area contributed by atoms with Crippen LogP contribution in [0.25, 0.3) is 22.9 Å². The summed E-state index contributed by atoms with van der Waals surface area (Å²) in [6.07, 6.45) is 0. The molecule has 0 aliphatic carbocycles. The molecule has 3 rings (SSSR count). The molecule has 0 radical (unpaired) electrons. The Morgan fingerprint density at radius 3 is 2.53 bits per heavy atom. The predicted octanol–water partition coefficient (Wildman–Crippen LogP) is 3.29. The summed E-state index contributed by atoms with van der Waals surface area (Å²) in [7, 11) is 0. The van der Waals surface area contributed by atoms with Gasteiger partial charge in [-0.25, -0.2) is 0 Å². The second kappa shape index (κ2) is 4.57. The molecule has 4 heteroatoms. The number of anilines is 1. The first-order chi connectivity index (χ1) is 9.24. The first-order valence-electron chi connectivity index (χ1n) is 5.99. The number of nitrogens with zero attached hydrogens (tertiary/aromatic N) is 2. The molecule has 1 heterocycles. The lowest BCUT2D eigenvalue weighted by atomic mass is 10.1. The Balaban J connectivity index is 2.03. The van der Waals surface area contributed by atoms with Crippen molar-refractivity contribution in [3.05, 3.63) is 54.1 Å². The van der Waals surface area contributed by atoms with Crippen LogP contribution in [0.1, 0.15) is 5.56 Å². The van der Waals surface area contributed by atoms with Gasteiger partial charge in [0.1, 0.15) is 0 Å². The summed E-state index contributed by atoms with van der Waals surface area (Å²) in [5.74, 6) is 0.941. The molecular formula is C15H13N3O. The smallest absolute Gasteiger partial charge is 0.250 e. The van der Waals surface area contributed by atoms with Gasteiger partial charge in [0, 0.05) is 11.3 Å². The average molecular weight is 251 g/mol. The van der Waals surface area contributed by atoms with Gasteiger partial charge >= 0.3 is 0 Å². The van der Waals surface area contributed by atoms with Crippen molar-refractivity contribution < 1.29 is 4.42 Å². The van der Waals surface area contributed by atoms with Gasteiger partial charge in [-0.3, -0.25) is 0 Å². The highest BCUT2D eigenvalue weighted by atomic mass is 16.4. The fourth-order valence-electron chi connectivity index (χ4n) is 1.92. The zero-order chi connectivity index (χ0) is 13.2. The Kier molecular flexibility index (Phi) is 2.76. The van der Waals surface area contributed by atoms with Crippen molar-refractivity contribution in [3.8, 4) is 22.9 Å². The number of nitrogens with two attached hydrogens (primary N) is 1. The predicted molar refractivity (Wildman–Crippen MR) is 74.3 cm³/mol. The third-order valence-corrected chi connectivity index (χ3v) is 2.88. The summed E-state index contributed by atoms with van der Waals surface area (Å²) in [5, 5.41) is 8.13. The summed E-state index contributed by atoms with van der Waals surface area (Å²) in [6, 6.07) is 15.4. The van der Waals surface area contributed by atoms with E-state index in [4.69, 9.17) is 10.2 Å². The number of hydrogen-bond acceptors (Lipinski definition) is 4. The quantitative estimate of drug-likeness (QED) is 0.710. The van der Waals surface area contributed by atoms with Gasteiger partial charge in [-0.2, -0.15) is 0 Å². The third kappa shape index (κ3) is 2.20. The SMILES string of the molecule is Cc1cccc(-c2nnc(-c3ccccc3N)o2)c1. The minimum atomic E-state index is 0.439.